The molecule has 0 spiro atoms. The van der Waals surface area contributed by atoms with Gasteiger partial charge in [0.2, 0.25) is 5.69 Å². The van der Waals surface area contributed by atoms with Gasteiger partial charge in [-0.15, -0.1) is 0 Å². The first kappa shape index (κ1) is 30.0. The molecule has 2 aliphatic heterocycles. The number of carboxylic acid groups (broad SMARTS) is 1. The number of carbonyl (C=O) groups is 1. The lowest BCUT2D eigenvalue weighted by atomic mass is 9.81. The van der Waals surface area contributed by atoms with Crippen LogP contribution in [-0.2, 0) is 20.9 Å². The summed E-state index contributed by atoms with van der Waals surface area (Å²) in [6.07, 6.45) is 10.9. The van der Waals surface area contributed by atoms with E-state index in [1.54, 1.807) is 24.3 Å². The smallest absolute Gasteiger partial charge is 0.335 e. The van der Waals surface area contributed by atoms with Crippen LogP contribution >= 0.6 is 11.6 Å². The molecule has 0 unspecified atom stereocenters. The molecular formula is C33H36ClN2O5S+. The van der Waals surface area contributed by atoms with Crippen molar-refractivity contribution in [3.05, 3.63) is 99.3 Å². The minimum Gasteiger partial charge on any atom is -0.478 e. The summed E-state index contributed by atoms with van der Waals surface area (Å²) >= 11 is 6.96. The Morgan fingerprint density at radius 3 is 2.43 bits per heavy atom. The third-order valence-electron chi connectivity index (χ3n) is 8.71. The van der Waals surface area contributed by atoms with Crippen LogP contribution in [0.15, 0.2) is 87.5 Å². The minimum atomic E-state index is -4.31. The van der Waals surface area contributed by atoms with Gasteiger partial charge in [0.15, 0.2) is 5.71 Å². The van der Waals surface area contributed by atoms with Crippen LogP contribution in [0, 0.1) is 0 Å². The van der Waals surface area contributed by atoms with Gasteiger partial charge in [-0.1, -0.05) is 37.6 Å². The number of anilines is 1. The van der Waals surface area contributed by atoms with Gasteiger partial charge < -0.3 is 10.4 Å². The van der Waals surface area contributed by atoms with Gasteiger partial charge in [-0.2, -0.15) is 13.0 Å². The molecule has 0 aromatic heterocycles. The fraction of sp³-hybridized carbons (Fsp3) is 0.333. The van der Waals surface area contributed by atoms with E-state index in [0.717, 1.165) is 69.4 Å². The molecule has 3 N–H and O–H groups in total. The largest absolute Gasteiger partial charge is 0.478 e. The maximum absolute atomic E-state index is 11.8. The number of benzene rings is 2. The van der Waals surface area contributed by atoms with Gasteiger partial charge in [-0.05, 0) is 93.2 Å². The minimum absolute atomic E-state index is 0.108. The summed E-state index contributed by atoms with van der Waals surface area (Å²) in [5, 5.41) is 13.6. The van der Waals surface area contributed by atoms with E-state index in [-0.39, 0.29) is 15.9 Å². The highest BCUT2D eigenvalue weighted by atomic mass is 35.5. The molecule has 42 heavy (non-hydrogen) atoms. The molecule has 0 radical (unpaired) electrons. The molecule has 2 heterocycles. The van der Waals surface area contributed by atoms with E-state index in [1.165, 1.54) is 6.07 Å². The van der Waals surface area contributed by atoms with Crippen molar-refractivity contribution in [1.82, 2.24) is 0 Å². The average Bonchev–Trinajstić information content (AvgIpc) is 3.31. The first-order valence-corrected chi connectivity index (χ1v) is 15.9. The molecule has 9 heteroatoms. The molecule has 7 nitrogen and oxygen atoms in total. The average molecular weight is 608 g/mol. The summed E-state index contributed by atoms with van der Waals surface area (Å²) < 4.78 is 35.4. The Balaban J connectivity index is 1.45. The highest BCUT2D eigenvalue weighted by Gasteiger charge is 2.44. The third kappa shape index (κ3) is 5.16. The van der Waals surface area contributed by atoms with Gasteiger partial charge in [0.05, 0.1) is 15.9 Å². The lowest BCUT2D eigenvalue weighted by Gasteiger charge is -2.21. The van der Waals surface area contributed by atoms with Crippen LogP contribution in [0.1, 0.15) is 75.4 Å². The second-order valence-corrected chi connectivity index (χ2v) is 13.8. The van der Waals surface area contributed by atoms with Crippen LogP contribution in [0.25, 0.3) is 0 Å². The Morgan fingerprint density at radius 2 is 1.76 bits per heavy atom. The summed E-state index contributed by atoms with van der Waals surface area (Å²) in [5.41, 5.74) is 7.10. The van der Waals surface area contributed by atoms with Crippen LogP contribution in [0.3, 0.4) is 0 Å². The number of hydrogen-bond acceptors (Lipinski definition) is 4. The number of hydrogen-bond donors (Lipinski definition) is 3. The number of fused-ring (bicyclic) bond motifs is 2. The van der Waals surface area contributed by atoms with E-state index in [1.807, 2.05) is 12.1 Å². The molecule has 0 atom stereocenters. The summed E-state index contributed by atoms with van der Waals surface area (Å²) in [6.45, 7) is 11.0. The predicted molar refractivity (Wildman–Crippen MR) is 167 cm³/mol. The van der Waals surface area contributed by atoms with Crippen LogP contribution < -0.4 is 5.32 Å². The van der Waals surface area contributed by atoms with Gasteiger partial charge >= 0.3 is 5.97 Å². The van der Waals surface area contributed by atoms with Crippen LogP contribution in [0.5, 0.6) is 0 Å². The van der Waals surface area contributed by atoms with Crippen LogP contribution in [-0.4, -0.2) is 40.9 Å². The molecule has 5 rings (SSSR count). The molecule has 0 saturated heterocycles. The van der Waals surface area contributed by atoms with Crippen molar-refractivity contribution < 1.29 is 27.4 Å². The fourth-order valence-corrected chi connectivity index (χ4v) is 7.05. The van der Waals surface area contributed by atoms with Crippen LogP contribution in [0.4, 0.5) is 11.4 Å². The maximum Gasteiger partial charge on any atom is 0.335 e. The van der Waals surface area contributed by atoms with E-state index in [9.17, 15) is 22.9 Å². The molecule has 1 aliphatic carbocycles. The van der Waals surface area contributed by atoms with Gasteiger partial charge in [0, 0.05) is 39.5 Å². The second-order valence-electron chi connectivity index (χ2n) is 12.0. The number of halogens is 1. The molecular weight excluding hydrogens is 572 g/mol. The van der Waals surface area contributed by atoms with Gasteiger partial charge in [0.25, 0.3) is 10.1 Å². The molecule has 0 bridgehead atoms. The summed E-state index contributed by atoms with van der Waals surface area (Å²) in [4.78, 5) is 11.4. The Kier molecular flexibility index (Phi) is 7.62. The van der Waals surface area contributed by atoms with Gasteiger partial charge in [-0.3, -0.25) is 4.55 Å². The monoisotopic (exact) mass is 607 g/mol. The van der Waals surface area contributed by atoms with Crippen molar-refractivity contribution in [3.63, 3.8) is 0 Å². The Bertz CT molecular complexity index is 1770. The summed E-state index contributed by atoms with van der Waals surface area (Å²) in [5.74, 6) is -0.944. The van der Waals surface area contributed by atoms with E-state index in [4.69, 9.17) is 11.6 Å². The number of aromatic carboxylic acids is 1. The zero-order valence-corrected chi connectivity index (χ0v) is 26.0. The van der Waals surface area contributed by atoms with Crippen molar-refractivity contribution >= 4 is 44.8 Å². The number of nitrogens with zero attached hydrogens (tertiary/aromatic N) is 1. The van der Waals surface area contributed by atoms with Crippen molar-refractivity contribution in [2.75, 3.05) is 11.9 Å². The Morgan fingerprint density at radius 1 is 1.02 bits per heavy atom. The molecule has 220 valence electrons. The van der Waals surface area contributed by atoms with E-state index < -0.39 is 21.5 Å². The van der Waals surface area contributed by atoms with Crippen molar-refractivity contribution in [1.29, 1.82) is 0 Å². The Hall–Kier alpha value is -3.46. The molecule has 2 aromatic carbocycles. The maximum atomic E-state index is 11.8. The zero-order valence-electron chi connectivity index (χ0n) is 24.5. The first-order valence-electron chi connectivity index (χ1n) is 14.1. The van der Waals surface area contributed by atoms with E-state index in [0.29, 0.717) is 6.54 Å². The molecule has 3 aliphatic rings. The lowest BCUT2D eigenvalue weighted by molar-refractivity contribution is -0.433. The van der Waals surface area contributed by atoms with Crippen molar-refractivity contribution in [2.24, 2.45) is 0 Å². The lowest BCUT2D eigenvalue weighted by Crippen LogP contribution is -2.27. The van der Waals surface area contributed by atoms with E-state index in [2.05, 4.69) is 62.7 Å². The highest BCUT2D eigenvalue weighted by Crippen LogP contribution is 2.44. The zero-order chi connectivity index (χ0) is 30.6. The van der Waals surface area contributed by atoms with E-state index >= 15 is 0 Å². The Labute approximate surface area is 252 Å². The fourth-order valence-electron chi connectivity index (χ4n) is 6.23. The highest BCUT2D eigenvalue weighted by molar-refractivity contribution is 7.85. The number of rotatable bonds is 6. The normalized spacial score (nSPS) is 21.3. The molecule has 0 amide bonds. The summed E-state index contributed by atoms with van der Waals surface area (Å²) in [6, 6.07) is 9.92. The molecule has 0 fully saturated rings. The number of nitrogens with one attached hydrogen (secondary N) is 1. The molecule has 2 aromatic rings. The van der Waals surface area contributed by atoms with Crippen molar-refractivity contribution in [3.8, 4) is 0 Å². The quantitative estimate of drug-likeness (QED) is 0.232. The second kappa shape index (κ2) is 10.7. The van der Waals surface area contributed by atoms with Gasteiger partial charge in [0.1, 0.15) is 6.54 Å². The number of allylic oxidation sites excluding steroid dienone is 8. The topological polar surface area (TPSA) is 107 Å². The first-order chi connectivity index (χ1) is 19.7. The standard InChI is InChI=1S/C33H35ClN2O5S/c1-6-36-27-15-13-23(42(39,40)41)19-25(27)33(4,5)29(36)17-12-21-9-7-8-20(30(21)34)11-16-28-32(2,3)24-18-22(31(37)38)10-14-26(24)35-28/h10-19H,6-9H2,1-5H3,(H2,37,38,39,40,41)/p+1. The SMILES string of the molecule is CC[N+]1=C(/C=C/C2=C(Cl)C(=C/C=C3/Nc4ccc(C(=O)O)cc4C3(C)C)/CCC2)C(C)(C)c2cc(S(=O)(=O)O)ccc21. The molecule has 0 saturated carbocycles. The number of carboxylic acids is 1. The van der Waals surface area contributed by atoms with Crippen molar-refractivity contribution in [2.45, 2.75) is 69.6 Å². The summed E-state index contributed by atoms with van der Waals surface area (Å²) in [7, 11) is -4.31. The third-order valence-corrected chi connectivity index (χ3v) is 10.0. The predicted octanol–water partition coefficient (Wildman–Crippen LogP) is 7.47. The van der Waals surface area contributed by atoms with Gasteiger partial charge in [-0.25, -0.2) is 4.79 Å². The van der Waals surface area contributed by atoms with Crippen LogP contribution in [0.2, 0.25) is 0 Å².